The third-order valence-corrected chi connectivity index (χ3v) is 22.3. The van der Waals surface area contributed by atoms with Gasteiger partial charge < -0.3 is 32.7 Å². The average molecular weight is 839 g/mol. The van der Waals surface area contributed by atoms with E-state index in [4.69, 9.17) is 27.6 Å². The van der Waals surface area contributed by atoms with Gasteiger partial charge in [0.15, 0.2) is 33.8 Å². The summed E-state index contributed by atoms with van der Waals surface area (Å²) >= 11 is 0. The van der Waals surface area contributed by atoms with Crippen molar-refractivity contribution < 1.29 is 42.3 Å². The van der Waals surface area contributed by atoms with E-state index in [1.165, 1.54) is 0 Å². The highest BCUT2D eigenvalue weighted by Gasteiger charge is 2.67. The van der Waals surface area contributed by atoms with Crippen molar-refractivity contribution in [1.29, 1.82) is 0 Å². The van der Waals surface area contributed by atoms with Crippen molar-refractivity contribution in [3.05, 3.63) is 51.5 Å². The Morgan fingerprint density at radius 1 is 0.966 bits per heavy atom. The monoisotopic (exact) mass is 838 g/mol. The average Bonchev–Trinajstić information content (AvgIpc) is 3.54. The van der Waals surface area contributed by atoms with Gasteiger partial charge in [0.05, 0.1) is 38.5 Å². The molecular weight excluding hydrogens is 769 g/mol. The van der Waals surface area contributed by atoms with Crippen LogP contribution in [0.4, 0.5) is 0 Å². The van der Waals surface area contributed by atoms with Gasteiger partial charge in [-0.05, 0) is 93.2 Å². The smallest absolute Gasteiger partial charge is 0.265 e. The molecule has 1 aromatic carbocycles. The summed E-state index contributed by atoms with van der Waals surface area (Å²) in [5.41, 5.74) is 0.208. The number of unbranched alkanes of at least 4 members (excludes halogenated alkanes) is 2. The molecule has 1 N–H and O–H groups in total. The van der Waals surface area contributed by atoms with Gasteiger partial charge >= 0.3 is 0 Å². The van der Waals surface area contributed by atoms with Crippen molar-refractivity contribution >= 4 is 34.3 Å². The van der Waals surface area contributed by atoms with Crippen molar-refractivity contribution in [1.82, 2.24) is 10.1 Å². The maximum atomic E-state index is 15.5. The number of methoxy groups -OCH3 is 1. The number of hydrogen-bond donors (Lipinski definition) is 1. The van der Waals surface area contributed by atoms with Crippen LogP contribution < -0.4 is 14.2 Å². The van der Waals surface area contributed by atoms with Gasteiger partial charge in [-0.25, -0.2) is 0 Å². The molecule has 0 spiro atoms. The lowest BCUT2D eigenvalue weighted by Crippen LogP contribution is -2.65. The Balaban J connectivity index is 1.75. The molecular formula is C45H70N2O9Si2. The van der Waals surface area contributed by atoms with Gasteiger partial charge in [-0.3, -0.25) is 14.5 Å². The number of allylic oxidation sites excluding steroid dienone is 1. The predicted octanol–water partition coefficient (Wildman–Crippen LogP) is 10.5. The number of carbonyl (C=O) groups excluding carboxylic acids is 2. The van der Waals surface area contributed by atoms with Crippen LogP contribution in [0.15, 0.2) is 28.0 Å². The molecule has 13 heteroatoms. The van der Waals surface area contributed by atoms with Crippen LogP contribution in [0.3, 0.4) is 0 Å². The molecule has 4 atom stereocenters. The maximum Gasteiger partial charge on any atom is 0.265 e. The fourth-order valence-electron chi connectivity index (χ4n) is 8.01. The lowest BCUT2D eigenvalue weighted by molar-refractivity contribution is -0.0480. The first-order valence-electron chi connectivity index (χ1n) is 21.2. The Labute approximate surface area is 349 Å². The van der Waals surface area contributed by atoms with Crippen LogP contribution in [0.5, 0.6) is 17.4 Å². The molecule has 322 valence electrons. The SMILES string of the molecule is CCCCOc1noc2c1C(=O)[C@@]1(O[Si](C)(C)C(C)(C)C)C(O)=C3C(=O)c4c(c(OC)cc(C=CCO[Si](C)(C)C(C)(C)C)c4OCCCC)C[C@H]3C[C@H]1[C@@H]2N(C)C. The third-order valence-electron chi connectivity index (χ3n) is 13.4. The summed E-state index contributed by atoms with van der Waals surface area (Å²) in [5, 5.41) is 17.1. The first-order valence-corrected chi connectivity index (χ1v) is 27.0. The number of nitrogens with zero attached hydrogens (tertiary/aromatic N) is 2. The number of hydrogen-bond acceptors (Lipinski definition) is 11. The molecule has 2 aromatic rings. The van der Waals surface area contributed by atoms with Crippen LogP contribution in [0.25, 0.3) is 6.08 Å². The molecule has 3 aliphatic rings. The number of rotatable bonds is 16. The highest BCUT2D eigenvalue weighted by atomic mass is 28.4. The number of fused-ring (bicyclic) bond motifs is 4. The van der Waals surface area contributed by atoms with E-state index in [2.05, 4.69) is 86.7 Å². The van der Waals surface area contributed by atoms with E-state index >= 15 is 9.59 Å². The van der Waals surface area contributed by atoms with E-state index in [-0.39, 0.29) is 38.6 Å². The number of aliphatic hydroxyl groups excluding tert-OH is 1. The van der Waals surface area contributed by atoms with Crippen molar-refractivity contribution in [2.24, 2.45) is 11.8 Å². The van der Waals surface area contributed by atoms with Crippen LogP contribution in [0.2, 0.25) is 36.3 Å². The highest BCUT2D eigenvalue weighted by molar-refractivity contribution is 6.74. The fourth-order valence-corrected chi connectivity index (χ4v) is 10.4. The summed E-state index contributed by atoms with van der Waals surface area (Å²) < 4.78 is 38.4. The summed E-state index contributed by atoms with van der Waals surface area (Å²) in [6.07, 6.45) is 8.01. The minimum absolute atomic E-state index is 0.0548. The van der Waals surface area contributed by atoms with E-state index in [0.29, 0.717) is 61.0 Å². The molecule has 0 fully saturated rings. The van der Waals surface area contributed by atoms with Crippen molar-refractivity contribution in [2.45, 2.75) is 142 Å². The van der Waals surface area contributed by atoms with Gasteiger partial charge in [-0.15, -0.1) is 0 Å². The van der Waals surface area contributed by atoms with E-state index in [1.807, 2.05) is 37.2 Å². The molecule has 58 heavy (non-hydrogen) atoms. The molecule has 0 saturated heterocycles. The van der Waals surface area contributed by atoms with Crippen molar-refractivity contribution in [3.8, 4) is 17.4 Å². The van der Waals surface area contributed by atoms with Gasteiger partial charge in [0.1, 0.15) is 22.8 Å². The van der Waals surface area contributed by atoms with Gasteiger partial charge in [0.25, 0.3) is 5.88 Å². The van der Waals surface area contributed by atoms with Gasteiger partial charge in [0, 0.05) is 22.6 Å². The predicted molar refractivity (Wildman–Crippen MR) is 234 cm³/mol. The maximum absolute atomic E-state index is 15.5. The molecule has 0 saturated carbocycles. The molecule has 5 rings (SSSR count). The Morgan fingerprint density at radius 2 is 1.59 bits per heavy atom. The molecule has 0 bridgehead atoms. The fraction of sp³-hybridized carbons (Fsp3) is 0.667. The second kappa shape index (κ2) is 17.0. The van der Waals surface area contributed by atoms with E-state index < -0.39 is 45.9 Å². The van der Waals surface area contributed by atoms with Crippen molar-refractivity contribution in [3.63, 3.8) is 0 Å². The quantitative estimate of drug-likeness (QED) is 0.128. The van der Waals surface area contributed by atoms with Crippen molar-refractivity contribution in [2.75, 3.05) is 41.0 Å². The largest absolute Gasteiger partial charge is 0.508 e. The Bertz CT molecular complexity index is 1920. The Hall–Kier alpha value is -3.24. The molecule has 0 aliphatic heterocycles. The second-order valence-corrected chi connectivity index (χ2v) is 29.2. The molecule has 1 heterocycles. The number of ether oxygens (including phenoxy) is 3. The lowest BCUT2D eigenvalue weighted by Gasteiger charge is -2.55. The number of ketones is 2. The number of aliphatic hydroxyl groups is 1. The van der Waals surface area contributed by atoms with Crippen LogP contribution in [0, 0.1) is 11.8 Å². The summed E-state index contributed by atoms with van der Waals surface area (Å²) in [4.78, 5) is 32.9. The number of benzene rings is 1. The number of carbonyl (C=O) groups is 2. The van der Waals surface area contributed by atoms with Gasteiger partial charge in [-0.2, -0.15) is 0 Å². The summed E-state index contributed by atoms with van der Waals surface area (Å²) in [6.45, 7) is 26.8. The topological polar surface area (TPSA) is 130 Å². The zero-order chi connectivity index (χ0) is 43.2. The van der Waals surface area contributed by atoms with Crippen LogP contribution in [-0.4, -0.2) is 90.0 Å². The number of aromatic nitrogens is 1. The summed E-state index contributed by atoms with van der Waals surface area (Å²) in [7, 11) is 0.592. The third kappa shape index (κ3) is 8.14. The number of Topliss-reactive ketones (excluding diaryl/α,β-unsaturated/α-hetero) is 2. The minimum Gasteiger partial charge on any atom is -0.508 e. The van der Waals surface area contributed by atoms with Crippen LogP contribution in [0.1, 0.15) is 131 Å². The van der Waals surface area contributed by atoms with Crippen LogP contribution in [-0.2, 0) is 15.3 Å². The normalized spacial score (nSPS) is 22.6. The van der Waals surface area contributed by atoms with Gasteiger partial charge in [0.2, 0.25) is 5.78 Å². The zero-order valence-electron chi connectivity index (χ0n) is 37.9. The first-order chi connectivity index (χ1) is 27.0. The zero-order valence-corrected chi connectivity index (χ0v) is 39.9. The van der Waals surface area contributed by atoms with E-state index in [9.17, 15) is 5.11 Å². The van der Waals surface area contributed by atoms with E-state index in [0.717, 1.165) is 31.2 Å². The molecule has 0 unspecified atom stereocenters. The Morgan fingerprint density at radius 3 is 2.16 bits per heavy atom. The molecule has 0 amide bonds. The highest BCUT2D eigenvalue weighted by Crippen LogP contribution is 2.60. The summed E-state index contributed by atoms with van der Waals surface area (Å²) in [6, 6.07) is 1.41. The lowest BCUT2D eigenvalue weighted by atomic mass is 9.58. The molecule has 0 radical (unpaired) electrons. The summed E-state index contributed by atoms with van der Waals surface area (Å²) in [5.74, 6) is -0.793. The Kier molecular flexibility index (Phi) is 13.5. The first kappa shape index (κ1) is 45.8. The minimum atomic E-state index is -2.86. The van der Waals surface area contributed by atoms with E-state index in [1.54, 1.807) is 7.11 Å². The second-order valence-electron chi connectivity index (χ2n) is 19.6. The molecule has 3 aliphatic carbocycles. The molecule has 11 nitrogen and oxygen atoms in total. The van der Waals surface area contributed by atoms with Crippen LogP contribution >= 0.6 is 0 Å². The standard InChI is InChI=1S/C45H70N2O9Si2/c1-16-18-22-52-38-28(21-20-24-54-57(12,13)43(3,4)5)27-32(51-11)30-25-29-26-31-36(47(9)10)39-35(42(46-55-39)53-23-19-17-2)41(50)45(31,56-58(14,15)44(6,7)8)40(49)33(29)37(48)34(30)38/h20-21,27,29,31,36,49H,16-19,22-26H2,1-15H3/t29-,31-,36-,45-/m0/s1. The van der Waals surface area contributed by atoms with Gasteiger partial charge in [-0.1, -0.05) is 80.4 Å². The molecule has 1 aromatic heterocycles.